The van der Waals surface area contributed by atoms with Crippen LogP contribution in [0.3, 0.4) is 0 Å². The minimum atomic E-state index is 0.263. The van der Waals surface area contributed by atoms with E-state index in [1.807, 2.05) is 4.90 Å². The molecule has 0 unspecified atom stereocenters. The lowest BCUT2D eigenvalue weighted by Crippen LogP contribution is -2.47. The van der Waals surface area contributed by atoms with Gasteiger partial charge in [-0.05, 0) is 50.6 Å². The minimum absolute atomic E-state index is 0.263. The lowest BCUT2D eigenvalue weighted by atomic mass is 9.79. The summed E-state index contributed by atoms with van der Waals surface area (Å²) in [6.45, 7) is 8.86. The number of carbonyl (C=O) groups excluding carboxylic acids is 1. The van der Waals surface area contributed by atoms with Crippen molar-refractivity contribution >= 4 is 5.91 Å². The Bertz CT molecular complexity index is 374. The topological polar surface area (TPSA) is 32.8 Å². The molecule has 1 aliphatic carbocycles. The first kappa shape index (κ1) is 17.2. The summed E-state index contributed by atoms with van der Waals surface area (Å²) in [5.41, 5.74) is 0. The first-order chi connectivity index (χ1) is 11.3. The largest absolute Gasteiger partial charge is 0.378 e. The normalized spacial score (nSPS) is 31.3. The van der Waals surface area contributed by atoms with E-state index in [-0.39, 0.29) is 5.92 Å². The number of hydrogen-bond acceptors (Lipinski definition) is 3. The van der Waals surface area contributed by atoms with E-state index in [1.165, 1.54) is 38.6 Å². The molecule has 0 radical (unpaired) electrons. The Morgan fingerprint density at radius 3 is 2.39 bits per heavy atom. The number of nitrogens with zero attached hydrogens (tertiary/aromatic N) is 2. The van der Waals surface area contributed by atoms with Gasteiger partial charge in [0, 0.05) is 25.6 Å². The smallest absolute Gasteiger partial charge is 0.225 e. The second-order valence-corrected chi connectivity index (χ2v) is 7.82. The molecule has 2 heterocycles. The molecular weight excluding hydrogens is 288 g/mol. The summed E-state index contributed by atoms with van der Waals surface area (Å²) in [5.74, 6) is 2.52. The molecule has 3 fully saturated rings. The van der Waals surface area contributed by atoms with Crippen LogP contribution in [0.4, 0.5) is 0 Å². The van der Waals surface area contributed by atoms with Gasteiger partial charge in [-0.3, -0.25) is 4.79 Å². The Morgan fingerprint density at radius 1 is 1.00 bits per heavy atom. The van der Waals surface area contributed by atoms with Gasteiger partial charge in [0.2, 0.25) is 5.91 Å². The molecule has 0 aromatic carbocycles. The molecule has 2 atom stereocenters. The molecule has 0 spiro atoms. The molecule has 2 aliphatic heterocycles. The molecule has 0 aromatic rings. The van der Waals surface area contributed by atoms with E-state index in [4.69, 9.17) is 4.74 Å². The van der Waals surface area contributed by atoms with Crippen LogP contribution in [-0.2, 0) is 9.53 Å². The van der Waals surface area contributed by atoms with Gasteiger partial charge < -0.3 is 14.5 Å². The van der Waals surface area contributed by atoms with Gasteiger partial charge in [-0.15, -0.1) is 0 Å². The highest BCUT2D eigenvalue weighted by molar-refractivity contribution is 5.79. The van der Waals surface area contributed by atoms with Gasteiger partial charge in [0.05, 0.1) is 13.2 Å². The third-order valence-corrected chi connectivity index (χ3v) is 6.24. The Balaban J connectivity index is 1.40. The SMILES string of the molecule is CC[C@@H]1CCC[C@H](CN2CCC(C(=O)N3CCOCC3)CC2)C1. The maximum absolute atomic E-state index is 12.6. The van der Waals surface area contributed by atoms with Crippen LogP contribution >= 0.6 is 0 Å². The van der Waals surface area contributed by atoms with E-state index in [0.29, 0.717) is 19.1 Å². The lowest BCUT2D eigenvalue weighted by molar-refractivity contribution is -0.141. The van der Waals surface area contributed by atoms with E-state index >= 15 is 0 Å². The monoisotopic (exact) mass is 322 g/mol. The molecule has 23 heavy (non-hydrogen) atoms. The van der Waals surface area contributed by atoms with Crippen molar-refractivity contribution in [3.63, 3.8) is 0 Å². The predicted octanol–water partition coefficient (Wildman–Crippen LogP) is 2.77. The van der Waals surface area contributed by atoms with Crippen molar-refractivity contribution in [3.05, 3.63) is 0 Å². The highest BCUT2D eigenvalue weighted by atomic mass is 16.5. The summed E-state index contributed by atoms with van der Waals surface area (Å²) in [6.07, 6.45) is 9.19. The summed E-state index contributed by atoms with van der Waals surface area (Å²) >= 11 is 0. The molecule has 3 rings (SSSR count). The third kappa shape index (κ3) is 4.69. The highest BCUT2D eigenvalue weighted by Gasteiger charge is 2.30. The molecule has 1 amide bonds. The maximum Gasteiger partial charge on any atom is 0.225 e. The fourth-order valence-electron chi connectivity index (χ4n) is 4.71. The second-order valence-electron chi connectivity index (χ2n) is 7.82. The number of amides is 1. The van der Waals surface area contributed by atoms with Crippen molar-refractivity contribution in [1.29, 1.82) is 0 Å². The van der Waals surface area contributed by atoms with Crippen molar-refractivity contribution in [3.8, 4) is 0 Å². The van der Waals surface area contributed by atoms with Crippen LogP contribution in [0.2, 0.25) is 0 Å². The zero-order valence-electron chi connectivity index (χ0n) is 14.8. The summed E-state index contributed by atoms with van der Waals surface area (Å²) in [5, 5.41) is 0. The van der Waals surface area contributed by atoms with Crippen LogP contribution in [0.25, 0.3) is 0 Å². The van der Waals surface area contributed by atoms with Crippen LogP contribution in [-0.4, -0.2) is 61.6 Å². The molecule has 4 heteroatoms. The number of carbonyl (C=O) groups is 1. The molecular formula is C19H34N2O2. The average molecular weight is 322 g/mol. The lowest BCUT2D eigenvalue weighted by Gasteiger charge is -2.38. The minimum Gasteiger partial charge on any atom is -0.378 e. The van der Waals surface area contributed by atoms with E-state index in [0.717, 1.165) is 50.9 Å². The molecule has 4 nitrogen and oxygen atoms in total. The molecule has 0 aromatic heterocycles. The van der Waals surface area contributed by atoms with Gasteiger partial charge in [0.15, 0.2) is 0 Å². The summed E-state index contributed by atoms with van der Waals surface area (Å²) in [4.78, 5) is 17.2. The van der Waals surface area contributed by atoms with Crippen LogP contribution in [0.5, 0.6) is 0 Å². The molecule has 2 saturated heterocycles. The molecule has 1 saturated carbocycles. The number of hydrogen-bond donors (Lipinski definition) is 0. The van der Waals surface area contributed by atoms with Crippen molar-refractivity contribution in [2.45, 2.75) is 51.9 Å². The van der Waals surface area contributed by atoms with Gasteiger partial charge in [-0.1, -0.05) is 26.2 Å². The van der Waals surface area contributed by atoms with Crippen LogP contribution in [0, 0.1) is 17.8 Å². The van der Waals surface area contributed by atoms with Crippen LogP contribution in [0.1, 0.15) is 51.9 Å². The number of morpholine rings is 1. The number of piperidine rings is 1. The highest BCUT2D eigenvalue weighted by Crippen LogP contribution is 2.32. The Kier molecular flexibility index (Phi) is 6.35. The van der Waals surface area contributed by atoms with Gasteiger partial charge in [-0.2, -0.15) is 0 Å². The van der Waals surface area contributed by atoms with E-state index in [9.17, 15) is 4.79 Å². The average Bonchev–Trinajstić information content (AvgIpc) is 2.63. The van der Waals surface area contributed by atoms with Crippen LogP contribution in [0.15, 0.2) is 0 Å². The Labute approximate surface area is 141 Å². The van der Waals surface area contributed by atoms with Gasteiger partial charge in [-0.25, -0.2) is 0 Å². The zero-order chi connectivity index (χ0) is 16.1. The number of rotatable bonds is 4. The van der Waals surface area contributed by atoms with Crippen molar-refractivity contribution in [2.24, 2.45) is 17.8 Å². The third-order valence-electron chi connectivity index (χ3n) is 6.24. The second kappa shape index (κ2) is 8.48. The zero-order valence-corrected chi connectivity index (χ0v) is 14.8. The van der Waals surface area contributed by atoms with E-state index in [1.54, 1.807) is 0 Å². The number of ether oxygens (including phenoxy) is 1. The molecule has 3 aliphatic rings. The fourth-order valence-corrected chi connectivity index (χ4v) is 4.71. The summed E-state index contributed by atoms with van der Waals surface area (Å²) in [7, 11) is 0. The van der Waals surface area contributed by atoms with Crippen molar-refractivity contribution in [2.75, 3.05) is 45.9 Å². The molecule has 0 N–H and O–H groups in total. The summed E-state index contributed by atoms with van der Waals surface area (Å²) in [6, 6.07) is 0. The van der Waals surface area contributed by atoms with Crippen molar-refractivity contribution < 1.29 is 9.53 Å². The van der Waals surface area contributed by atoms with E-state index < -0.39 is 0 Å². The first-order valence-electron chi connectivity index (χ1n) is 9.85. The van der Waals surface area contributed by atoms with Crippen LogP contribution < -0.4 is 0 Å². The molecule has 132 valence electrons. The van der Waals surface area contributed by atoms with Gasteiger partial charge >= 0.3 is 0 Å². The predicted molar refractivity (Wildman–Crippen MR) is 92.3 cm³/mol. The van der Waals surface area contributed by atoms with Gasteiger partial charge in [0.25, 0.3) is 0 Å². The van der Waals surface area contributed by atoms with Gasteiger partial charge in [0.1, 0.15) is 0 Å². The van der Waals surface area contributed by atoms with Crippen molar-refractivity contribution in [1.82, 2.24) is 9.80 Å². The fraction of sp³-hybridized carbons (Fsp3) is 0.947. The quantitative estimate of drug-likeness (QED) is 0.798. The first-order valence-corrected chi connectivity index (χ1v) is 9.85. The standard InChI is InChI=1S/C19H34N2O2/c1-2-16-4-3-5-17(14-16)15-20-8-6-18(7-9-20)19(22)21-10-12-23-13-11-21/h16-18H,2-15H2,1H3/t16-,17+/m1/s1. The van der Waals surface area contributed by atoms with E-state index in [2.05, 4.69) is 11.8 Å². The number of likely N-dealkylation sites (tertiary alicyclic amines) is 1. The maximum atomic E-state index is 12.6. The Morgan fingerprint density at radius 2 is 1.70 bits per heavy atom. The molecule has 0 bridgehead atoms. The Hall–Kier alpha value is -0.610. The summed E-state index contributed by atoms with van der Waals surface area (Å²) < 4.78 is 5.35.